The minimum Gasteiger partial charge on any atom is -0.337 e. The molecule has 96 valence electrons. The molecule has 0 aliphatic heterocycles. The number of hydrogen-bond donors (Lipinski definition) is 1. The molecule has 3 rings (SSSR count). The highest BCUT2D eigenvalue weighted by molar-refractivity contribution is 14.1. The lowest BCUT2D eigenvalue weighted by Crippen LogP contribution is -1.85. The van der Waals surface area contributed by atoms with Gasteiger partial charge in [0.15, 0.2) is 0 Å². The number of nitrogens with one attached hydrogen (secondary N) is 1. The molecule has 1 N–H and O–H groups in total. The van der Waals surface area contributed by atoms with Crippen LogP contribution in [0, 0.1) is 14.9 Å². The van der Waals surface area contributed by atoms with Crippen LogP contribution in [0.2, 0.25) is 0 Å². The molecule has 0 saturated heterocycles. The zero-order chi connectivity index (χ0) is 13.9. The average molecular weight is 371 g/mol. The van der Waals surface area contributed by atoms with Crippen molar-refractivity contribution in [2.24, 2.45) is 0 Å². The van der Waals surface area contributed by atoms with E-state index in [4.69, 9.17) is 0 Å². The van der Waals surface area contributed by atoms with Crippen molar-refractivity contribution in [3.05, 3.63) is 63.5 Å². The number of nitrogens with zero attached hydrogens (tertiary/aromatic N) is 2. The van der Waals surface area contributed by atoms with Crippen molar-refractivity contribution in [2.75, 3.05) is 0 Å². The van der Waals surface area contributed by atoms with E-state index in [1.54, 1.807) is 0 Å². The van der Waals surface area contributed by atoms with Crippen LogP contribution in [0.25, 0.3) is 22.7 Å². The number of rotatable bonds is 2. The van der Waals surface area contributed by atoms with Crippen LogP contribution in [-0.4, -0.2) is 9.97 Å². The van der Waals surface area contributed by atoms with Gasteiger partial charge in [0.2, 0.25) is 0 Å². The fourth-order valence-electron chi connectivity index (χ4n) is 2.00. The molecule has 2 aromatic carbocycles. The average Bonchev–Trinajstić information content (AvgIpc) is 2.88. The normalized spacial score (nSPS) is 11.5. The van der Waals surface area contributed by atoms with E-state index < -0.39 is 0 Å². The molecule has 0 atom stereocenters. The molecule has 0 spiro atoms. The maximum absolute atomic E-state index is 9.36. The molecule has 0 unspecified atom stereocenters. The van der Waals surface area contributed by atoms with Crippen molar-refractivity contribution in [3.8, 4) is 6.07 Å². The molecule has 0 aliphatic carbocycles. The highest BCUT2D eigenvalue weighted by atomic mass is 127. The highest BCUT2D eigenvalue weighted by Gasteiger charge is 2.07. The first-order valence-corrected chi connectivity index (χ1v) is 7.16. The summed E-state index contributed by atoms with van der Waals surface area (Å²) in [6.07, 6.45) is 1.85. The van der Waals surface area contributed by atoms with Gasteiger partial charge >= 0.3 is 0 Å². The molecular formula is C16H10IN3. The number of halogens is 1. The van der Waals surface area contributed by atoms with Gasteiger partial charge in [-0.05, 0) is 58.5 Å². The monoisotopic (exact) mass is 371 g/mol. The Morgan fingerprint density at radius 2 is 2.05 bits per heavy atom. The molecule has 3 aromatic rings. The third kappa shape index (κ3) is 2.58. The van der Waals surface area contributed by atoms with E-state index in [-0.39, 0.29) is 0 Å². The molecule has 4 heteroatoms. The zero-order valence-electron chi connectivity index (χ0n) is 10.5. The largest absolute Gasteiger partial charge is 0.337 e. The topological polar surface area (TPSA) is 52.5 Å². The summed E-state index contributed by atoms with van der Waals surface area (Å²) < 4.78 is 1.14. The SMILES string of the molecule is N#C/C(=C/c1cccc(I)c1)c1nc2ccccc2[nH]1. The van der Waals surface area contributed by atoms with Gasteiger partial charge in [0.05, 0.1) is 16.6 Å². The first kappa shape index (κ1) is 12.9. The van der Waals surface area contributed by atoms with Crippen LogP contribution >= 0.6 is 22.6 Å². The Kier molecular flexibility index (Phi) is 3.52. The van der Waals surface area contributed by atoms with Gasteiger partial charge in [0.1, 0.15) is 11.9 Å². The minimum atomic E-state index is 0.531. The van der Waals surface area contributed by atoms with Gasteiger partial charge in [0.25, 0.3) is 0 Å². The summed E-state index contributed by atoms with van der Waals surface area (Å²) in [6, 6.07) is 18.0. The van der Waals surface area contributed by atoms with E-state index in [0.29, 0.717) is 11.4 Å². The maximum atomic E-state index is 9.36. The second-order valence-electron chi connectivity index (χ2n) is 4.33. The Balaban J connectivity index is 2.07. The second kappa shape index (κ2) is 5.47. The van der Waals surface area contributed by atoms with Gasteiger partial charge in [-0.3, -0.25) is 0 Å². The van der Waals surface area contributed by atoms with E-state index in [9.17, 15) is 5.26 Å². The van der Waals surface area contributed by atoms with Crippen molar-refractivity contribution in [1.82, 2.24) is 9.97 Å². The van der Waals surface area contributed by atoms with Crippen LogP contribution in [0.3, 0.4) is 0 Å². The van der Waals surface area contributed by atoms with Gasteiger partial charge in [-0.2, -0.15) is 5.26 Å². The summed E-state index contributed by atoms with van der Waals surface area (Å²) in [5.41, 5.74) is 3.33. The Labute approximate surface area is 130 Å². The lowest BCUT2D eigenvalue weighted by atomic mass is 10.1. The smallest absolute Gasteiger partial charge is 0.149 e. The number of hydrogen-bond acceptors (Lipinski definition) is 2. The summed E-state index contributed by atoms with van der Waals surface area (Å²) in [4.78, 5) is 7.63. The van der Waals surface area contributed by atoms with Crippen LogP contribution in [0.15, 0.2) is 48.5 Å². The Hall–Kier alpha value is -2.13. The first-order valence-electron chi connectivity index (χ1n) is 6.09. The number of allylic oxidation sites excluding steroid dienone is 1. The van der Waals surface area contributed by atoms with Crippen LogP contribution in [-0.2, 0) is 0 Å². The maximum Gasteiger partial charge on any atom is 0.149 e. The summed E-state index contributed by atoms with van der Waals surface area (Å²) in [6.45, 7) is 0. The Bertz CT molecular complexity index is 807. The van der Waals surface area contributed by atoms with E-state index >= 15 is 0 Å². The number of aromatic amines is 1. The molecule has 0 radical (unpaired) electrons. The number of H-pyrrole nitrogens is 1. The minimum absolute atomic E-state index is 0.531. The number of nitriles is 1. The van der Waals surface area contributed by atoms with E-state index in [1.165, 1.54) is 0 Å². The van der Waals surface area contributed by atoms with Gasteiger partial charge in [-0.25, -0.2) is 4.98 Å². The van der Waals surface area contributed by atoms with Crippen molar-refractivity contribution >= 4 is 45.3 Å². The molecule has 1 aromatic heterocycles. The number of fused-ring (bicyclic) bond motifs is 1. The summed E-state index contributed by atoms with van der Waals surface area (Å²) in [5.74, 6) is 0.604. The molecule has 0 saturated carbocycles. The zero-order valence-corrected chi connectivity index (χ0v) is 12.6. The summed E-state index contributed by atoms with van der Waals surface area (Å²) in [5, 5.41) is 9.36. The molecular weight excluding hydrogens is 361 g/mol. The third-order valence-electron chi connectivity index (χ3n) is 2.92. The molecule has 1 heterocycles. The molecule has 0 amide bonds. The number of para-hydroxylation sites is 2. The standard InChI is InChI=1S/C16H10IN3/c17-13-5-3-4-11(9-13)8-12(10-18)16-19-14-6-1-2-7-15(14)20-16/h1-9H,(H,19,20)/b12-8-. The molecule has 0 aliphatic rings. The van der Waals surface area contributed by atoms with E-state index in [1.807, 2.05) is 54.6 Å². The fourth-order valence-corrected chi connectivity index (χ4v) is 2.56. The van der Waals surface area contributed by atoms with Crippen LogP contribution < -0.4 is 0 Å². The van der Waals surface area contributed by atoms with Crippen molar-refractivity contribution < 1.29 is 0 Å². The van der Waals surface area contributed by atoms with Crippen LogP contribution in [0.5, 0.6) is 0 Å². The number of imidazole rings is 1. The van der Waals surface area contributed by atoms with Gasteiger partial charge in [-0.15, -0.1) is 0 Å². The summed E-state index contributed by atoms with van der Waals surface area (Å²) in [7, 11) is 0. The quantitative estimate of drug-likeness (QED) is 0.542. The predicted molar refractivity (Wildman–Crippen MR) is 88.7 cm³/mol. The van der Waals surface area contributed by atoms with Crippen molar-refractivity contribution in [2.45, 2.75) is 0 Å². The summed E-state index contributed by atoms with van der Waals surface area (Å²) >= 11 is 2.25. The molecule has 3 nitrogen and oxygen atoms in total. The van der Waals surface area contributed by atoms with E-state index in [0.717, 1.165) is 20.2 Å². The van der Waals surface area contributed by atoms with Crippen LogP contribution in [0.4, 0.5) is 0 Å². The number of benzene rings is 2. The van der Waals surface area contributed by atoms with E-state index in [2.05, 4.69) is 38.6 Å². The molecule has 20 heavy (non-hydrogen) atoms. The Morgan fingerprint density at radius 1 is 1.20 bits per heavy atom. The van der Waals surface area contributed by atoms with Gasteiger partial charge in [0, 0.05) is 3.57 Å². The molecule has 0 bridgehead atoms. The van der Waals surface area contributed by atoms with Crippen LogP contribution in [0.1, 0.15) is 11.4 Å². The predicted octanol–water partition coefficient (Wildman–Crippen LogP) is 4.23. The first-order chi connectivity index (χ1) is 9.76. The van der Waals surface area contributed by atoms with Gasteiger partial charge < -0.3 is 4.98 Å². The lowest BCUT2D eigenvalue weighted by Gasteiger charge is -1.96. The third-order valence-corrected chi connectivity index (χ3v) is 3.60. The highest BCUT2D eigenvalue weighted by Crippen LogP contribution is 2.19. The number of aromatic nitrogens is 2. The van der Waals surface area contributed by atoms with Crippen molar-refractivity contribution in [3.63, 3.8) is 0 Å². The molecule has 0 fully saturated rings. The fraction of sp³-hybridized carbons (Fsp3) is 0. The Morgan fingerprint density at radius 3 is 2.80 bits per heavy atom. The van der Waals surface area contributed by atoms with Crippen molar-refractivity contribution in [1.29, 1.82) is 5.26 Å². The van der Waals surface area contributed by atoms with Gasteiger partial charge in [-0.1, -0.05) is 24.3 Å². The second-order valence-corrected chi connectivity index (χ2v) is 5.57. The lowest BCUT2D eigenvalue weighted by molar-refractivity contribution is 1.27.